The Balaban J connectivity index is 2.05. The molecule has 1 atom stereocenters. The molecule has 0 aliphatic rings. The van der Waals surface area contributed by atoms with Crippen LogP contribution in [0.3, 0.4) is 0 Å². The molecular formula is C17H12ClF3N2. The Bertz CT molecular complexity index is 828. The third-order valence-electron chi connectivity index (χ3n) is 3.44. The molecule has 3 aromatic rings. The van der Waals surface area contributed by atoms with Crippen LogP contribution in [0.5, 0.6) is 0 Å². The Kier molecular flexibility index (Phi) is 4.13. The summed E-state index contributed by atoms with van der Waals surface area (Å²) in [6, 6.07) is 12.5. The summed E-state index contributed by atoms with van der Waals surface area (Å²) >= 11 is 5.83. The number of aromatic nitrogens is 1. The first-order valence-electron chi connectivity index (χ1n) is 6.87. The molecule has 0 radical (unpaired) electrons. The molecule has 0 aliphatic heterocycles. The van der Waals surface area contributed by atoms with Crippen molar-refractivity contribution in [3.63, 3.8) is 0 Å². The van der Waals surface area contributed by atoms with Gasteiger partial charge in [-0.15, -0.1) is 0 Å². The lowest BCUT2D eigenvalue weighted by Crippen LogP contribution is -2.28. The topological polar surface area (TPSA) is 24.9 Å². The second-order valence-corrected chi connectivity index (χ2v) is 5.49. The third kappa shape index (κ3) is 3.40. The molecular weight excluding hydrogens is 325 g/mol. The molecule has 23 heavy (non-hydrogen) atoms. The average molecular weight is 337 g/mol. The van der Waals surface area contributed by atoms with E-state index in [1.165, 1.54) is 24.3 Å². The van der Waals surface area contributed by atoms with Crippen molar-refractivity contribution in [2.75, 3.05) is 5.32 Å². The average Bonchev–Trinajstić information content (AvgIpc) is 2.51. The molecule has 2 nitrogen and oxygen atoms in total. The van der Waals surface area contributed by atoms with Crippen LogP contribution in [-0.4, -0.2) is 11.2 Å². The van der Waals surface area contributed by atoms with Crippen LogP contribution in [-0.2, 0) is 0 Å². The maximum Gasteiger partial charge on any atom is 0.412 e. The number of nitrogens with one attached hydrogen (secondary N) is 1. The second kappa shape index (κ2) is 6.08. The van der Waals surface area contributed by atoms with Crippen LogP contribution in [0.15, 0.2) is 60.8 Å². The standard InChI is InChI=1S/C17H12ClF3N2/c18-13-7-1-5-12(10-13)16(17(19,20)21)23-14-8-2-4-11-6-3-9-22-15(11)14/h1-10,16,23H. The molecule has 3 rings (SSSR count). The summed E-state index contributed by atoms with van der Waals surface area (Å²) in [4.78, 5) is 4.17. The number of halogens is 4. The van der Waals surface area contributed by atoms with Crippen molar-refractivity contribution in [1.29, 1.82) is 0 Å². The summed E-state index contributed by atoms with van der Waals surface area (Å²) in [7, 11) is 0. The van der Waals surface area contributed by atoms with Crippen molar-refractivity contribution in [3.8, 4) is 0 Å². The normalized spacial score (nSPS) is 13.0. The number of pyridine rings is 1. The number of fused-ring (bicyclic) bond motifs is 1. The van der Waals surface area contributed by atoms with Gasteiger partial charge in [-0.3, -0.25) is 4.98 Å². The van der Waals surface area contributed by atoms with Crippen LogP contribution in [0.4, 0.5) is 18.9 Å². The zero-order chi connectivity index (χ0) is 16.4. The van der Waals surface area contributed by atoms with E-state index in [9.17, 15) is 13.2 Å². The van der Waals surface area contributed by atoms with E-state index in [1.54, 1.807) is 36.5 Å². The van der Waals surface area contributed by atoms with E-state index in [0.29, 0.717) is 11.2 Å². The zero-order valence-electron chi connectivity index (χ0n) is 11.8. The first-order chi connectivity index (χ1) is 10.9. The van der Waals surface area contributed by atoms with E-state index in [-0.39, 0.29) is 10.6 Å². The molecule has 1 N–H and O–H groups in total. The van der Waals surface area contributed by atoms with Gasteiger partial charge in [-0.05, 0) is 29.8 Å². The number of para-hydroxylation sites is 1. The summed E-state index contributed by atoms with van der Waals surface area (Å²) in [6.45, 7) is 0. The fourth-order valence-electron chi connectivity index (χ4n) is 2.42. The molecule has 0 spiro atoms. The van der Waals surface area contributed by atoms with Gasteiger partial charge in [0.05, 0.1) is 11.2 Å². The van der Waals surface area contributed by atoms with Crippen LogP contribution in [0.1, 0.15) is 11.6 Å². The highest BCUT2D eigenvalue weighted by atomic mass is 35.5. The minimum absolute atomic E-state index is 0.0536. The maximum absolute atomic E-state index is 13.5. The summed E-state index contributed by atoms with van der Waals surface area (Å²) in [6.07, 6.45) is -2.92. The molecule has 2 aromatic carbocycles. The van der Waals surface area contributed by atoms with Crippen molar-refractivity contribution in [2.45, 2.75) is 12.2 Å². The minimum atomic E-state index is -4.47. The highest BCUT2D eigenvalue weighted by Crippen LogP contribution is 2.37. The van der Waals surface area contributed by atoms with Gasteiger partial charge in [0.2, 0.25) is 0 Å². The quantitative estimate of drug-likeness (QED) is 0.673. The lowest BCUT2D eigenvalue weighted by Gasteiger charge is -2.23. The number of alkyl halides is 3. The van der Waals surface area contributed by atoms with E-state index < -0.39 is 12.2 Å². The first kappa shape index (κ1) is 15.6. The first-order valence-corrected chi connectivity index (χ1v) is 7.25. The van der Waals surface area contributed by atoms with Crippen LogP contribution < -0.4 is 5.32 Å². The Morgan fingerprint density at radius 3 is 2.48 bits per heavy atom. The van der Waals surface area contributed by atoms with Gasteiger partial charge in [0.25, 0.3) is 0 Å². The Morgan fingerprint density at radius 2 is 1.74 bits per heavy atom. The zero-order valence-corrected chi connectivity index (χ0v) is 12.6. The highest BCUT2D eigenvalue weighted by molar-refractivity contribution is 6.30. The molecule has 6 heteroatoms. The van der Waals surface area contributed by atoms with E-state index in [4.69, 9.17) is 11.6 Å². The van der Waals surface area contributed by atoms with E-state index in [0.717, 1.165) is 5.39 Å². The van der Waals surface area contributed by atoms with Crippen LogP contribution >= 0.6 is 11.6 Å². The predicted octanol–water partition coefficient (Wildman–Crippen LogP) is 5.60. The molecule has 0 saturated carbocycles. The van der Waals surface area contributed by atoms with Gasteiger partial charge in [0.15, 0.2) is 0 Å². The van der Waals surface area contributed by atoms with Gasteiger partial charge in [-0.1, -0.05) is 41.9 Å². The molecule has 0 aliphatic carbocycles. The van der Waals surface area contributed by atoms with Crippen LogP contribution in [0.25, 0.3) is 10.9 Å². The van der Waals surface area contributed by atoms with Crippen LogP contribution in [0.2, 0.25) is 5.02 Å². The lowest BCUT2D eigenvalue weighted by atomic mass is 10.1. The molecule has 1 unspecified atom stereocenters. The summed E-state index contributed by atoms with van der Waals surface area (Å²) < 4.78 is 40.5. The van der Waals surface area contributed by atoms with E-state index >= 15 is 0 Å². The van der Waals surface area contributed by atoms with Gasteiger partial charge in [0.1, 0.15) is 6.04 Å². The number of hydrogen-bond acceptors (Lipinski definition) is 2. The summed E-state index contributed by atoms with van der Waals surface area (Å²) in [5, 5.41) is 3.59. The monoisotopic (exact) mass is 336 g/mol. The smallest absolute Gasteiger partial charge is 0.369 e. The predicted molar refractivity (Wildman–Crippen MR) is 85.6 cm³/mol. The Hall–Kier alpha value is -2.27. The molecule has 0 amide bonds. The van der Waals surface area contributed by atoms with Crippen LogP contribution in [0, 0.1) is 0 Å². The number of anilines is 1. The van der Waals surface area contributed by atoms with Crippen molar-refractivity contribution in [3.05, 3.63) is 71.4 Å². The van der Waals surface area contributed by atoms with Crippen molar-refractivity contribution in [2.24, 2.45) is 0 Å². The largest absolute Gasteiger partial charge is 0.412 e. The third-order valence-corrected chi connectivity index (χ3v) is 3.68. The van der Waals surface area contributed by atoms with E-state index in [1.807, 2.05) is 0 Å². The molecule has 1 aromatic heterocycles. The molecule has 0 bridgehead atoms. The number of benzene rings is 2. The summed E-state index contributed by atoms with van der Waals surface area (Å²) in [5.74, 6) is 0. The number of rotatable bonds is 3. The fraction of sp³-hybridized carbons (Fsp3) is 0.118. The SMILES string of the molecule is FC(F)(F)C(Nc1cccc2cccnc12)c1cccc(Cl)c1. The fourth-order valence-corrected chi connectivity index (χ4v) is 2.62. The molecule has 0 saturated heterocycles. The van der Waals surface area contributed by atoms with Gasteiger partial charge in [-0.25, -0.2) is 0 Å². The second-order valence-electron chi connectivity index (χ2n) is 5.05. The number of nitrogens with zero attached hydrogens (tertiary/aromatic N) is 1. The lowest BCUT2D eigenvalue weighted by molar-refractivity contribution is -0.143. The minimum Gasteiger partial charge on any atom is -0.369 e. The molecule has 1 heterocycles. The highest BCUT2D eigenvalue weighted by Gasteiger charge is 2.41. The molecule has 118 valence electrons. The van der Waals surface area contributed by atoms with Gasteiger partial charge in [0, 0.05) is 16.6 Å². The number of hydrogen-bond donors (Lipinski definition) is 1. The van der Waals surface area contributed by atoms with Crippen molar-refractivity contribution in [1.82, 2.24) is 4.98 Å². The van der Waals surface area contributed by atoms with Gasteiger partial charge in [-0.2, -0.15) is 13.2 Å². The van der Waals surface area contributed by atoms with Crippen molar-refractivity contribution >= 4 is 28.2 Å². The Morgan fingerprint density at radius 1 is 1.00 bits per heavy atom. The maximum atomic E-state index is 13.5. The molecule has 0 fully saturated rings. The van der Waals surface area contributed by atoms with Crippen molar-refractivity contribution < 1.29 is 13.2 Å². The summed E-state index contributed by atoms with van der Waals surface area (Å²) in [5.41, 5.74) is 0.870. The van der Waals surface area contributed by atoms with E-state index in [2.05, 4.69) is 10.3 Å². The van der Waals surface area contributed by atoms with Gasteiger partial charge >= 0.3 is 6.18 Å². The van der Waals surface area contributed by atoms with Gasteiger partial charge < -0.3 is 5.32 Å². The Labute approximate surface area is 135 Å².